The fourth-order valence-corrected chi connectivity index (χ4v) is 2.42. The monoisotopic (exact) mass is 368 g/mol. The molecule has 1 unspecified atom stereocenters. The van der Waals surface area contributed by atoms with Gasteiger partial charge in [0.05, 0.1) is 15.6 Å². The number of rotatable bonds is 4. The van der Waals surface area contributed by atoms with Crippen molar-refractivity contribution in [3.05, 3.63) is 57.0 Å². The van der Waals surface area contributed by atoms with Crippen molar-refractivity contribution in [3.8, 4) is 11.8 Å². The third-order valence-electron chi connectivity index (χ3n) is 2.92. The van der Waals surface area contributed by atoms with Crippen LogP contribution >= 0.6 is 34.8 Å². The van der Waals surface area contributed by atoms with Crippen LogP contribution in [-0.4, -0.2) is 12.0 Å². The maximum Gasteiger partial charge on any atom is 0.265 e. The van der Waals surface area contributed by atoms with Gasteiger partial charge in [0.1, 0.15) is 11.8 Å². The molecule has 0 aromatic heterocycles. The van der Waals surface area contributed by atoms with Crippen LogP contribution in [0.1, 0.15) is 12.5 Å². The molecular formula is C16H11Cl3N2O2. The van der Waals surface area contributed by atoms with Gasteiger partial charge in [0.2, 0.25) is 0 Å². The topological polar surface area (TPSA) is 62.1 Å². The number of amides is 1. The molecule has 1 atom stereocenters. The minimum Gasteiger partial charge on any atom is -0.479 e. The summed E-state index contributed by atoms with van der Waals surface area (Å²) in [7, 11) is 0. The van der Waals surface area contributed by atoms with Crippen molar-refractivity contribution >= 4 is 46.4 Å². The SMILES string of the molecule is CC(Oc1ccc(Cl)cc1Cl)C(=O)Nc1ccc(C#N)c(Cl)c1. The summed E-state index contributed by atoms with van der Waals surface area (Å²) in [5.41, 5.74) is 0.804. The Morgan fingerprint density at radius 3 is 2.52 bits per heavy atom. The molecule has 2 rings (SSSR count). The van der Waals surface area contributed by atoms with Crippen LogP contribution in [0.3, 0.4) is 0 Å². The maximum absolute atomic E-state index is 12.1. The first-order valence-electron chi connectivity index (χ1n) is 6.53. The number of halogens is 3. The molecular weight excluding hydrogens is 359 g/mol. The number of hydrogen-bond donors (Lipinski definition) is 1. The lowest BCUT2D eigenvalue weighted by Gasteiger charge is -2.16. The number of nitrogens with zero attached hydrogens (tertiary/aromatic N) is 1. The number of nitrogens with one attached hydrogen (secondary N) is 1. The largest absolute Gasteiger partial charge is 0.479 e. The van der Waals surface area contributed by atoms with Crippen LogP contribution in [-0.2, 0) is 4.79 Å². The van der Waals surface area contributed by atoms with E-state index in [0.29, 0.717) is 27.0 Å². The summed E-state index contributed by atoms with van der Waals surface area (Å²) >= 11 is 17.7. The summed E-state index contributed by atoms with van der Waals surface area (Å²) in [5.74, 6) is -0.0200. The highest BCUT2D eigenvalue weighted by Crippen LogP contribution is 2.28. The van der Waals surface area contributed by atoms with E-state index in [9.17, 15) is 4.79 Å². The minimum atomic E-state index is -0.789. The molecule has 0 aliphatic carbocycles. The van der Waals surface area contributed by atoms with Crippen LogP contribution in [0.25, 0.3) is 0 Å². The quantitative estimate of drug-likeness (QED) is 0.831. The molecule has 0 radical (unpaired) electrons. The van der Waals surface area contributed by atoms with Gasteiger partial charge < -0.3 is 10.1 Å². The highest BCUT2D eigenvalue weighted by molar-refractivity contribution is 6.35. The zero-order valence-corrected chi connectivity index (χ0v) is 14.2. The van der Waals surface area contributed by atoms with Gasteiger partial charge in [-0.2, -0.15) is 5.26 Å². The van der Waals surface area contributed by atoms with Gasteiger partial charge in [-0.25, -0.2) is 0 Å². The molecule has 23 heavy (non-hydrogen) atoms. The van der Waals surface area contributed by atoms with Gasteiger partial charge in [0.25, 0.3) is 5.91 Å². The molecule has 2 aromatic rings. The Balaban J connectivity index is 2.05. The fourth-order valence-electron chi connectivity index (χ4n) is 1.74. The molecule has 1 N–H and O–H groups in total. The lowest BCUT2D eigenvalue weighted by atomic mass is 10.2. The third kappa shape index (κ3) is 4.52. The van der Waals surface area contributed by atoms with E-state index in [1.165, 1.54) is 18.2 Å². The van der Waals surface area contributed by atoms with E-state index in [4.69, 9.17) is 44.8 Å². The van der Waals surface area contributed by atoms with Crippen LogP contribution < -0.4 is 10.1 Å². The van der Waals surface area contributed by atoms with Crippen molar-refractivity contribution < 1.29 is 9.53 Å². The number of hydrogen-bond acceptors (Lipinski definition) is 3. The molecule has 7 heteroatoms. The zero-order valence-electron chi connectivity index (χ0n) is 11.9. The lowest BCUT2D eigenvalue weighted by molar-refractivity contribution is -0.122. The Bertz CT molecular complexity index is 787. The van der Waals surface area contributed by atoms with Crippen LogP contribution in [0.15, 0.2) is 36.4 Å². The van der Waals surface area contributed by atoms with Crippen LogP contribution in [0, 0.1) is 11.3 Å². The standard InChI is InChI=1S/C16H11Cl3N2O2/c1-9(23-15-5-3-11(17)6-14(15)19)16(22)21-12-4-2-10(8-20)13(18)7-12/h2-7,9H,1H3,(H,21,22). The molecule has 1 amide bonds. The van der Waals surface area contributed by atoms with Gasteiger partial charge in [0, 0.05) is 10.7 Å². The third-order valence-corrected chi connectivity index (χ3v) is 3.77. The summed E-state index contributed by atoms with van der Waals surface area (Å²) in [5, 5.41) is 12.5. The summed E-state index contributed by atoms with van der Waals surface area (Å²) in [6.45, 7) is 1.59. The van der Waals surface area contributed by atoms with Crippen molar-refractivity contribution in [3.63, 3.8) is 0 Å². The van der Waals surface area contributed by atoms with E-state index < -0.39 is 6.10 Å². The lowest BCUT2D eigenvalue weighted by Crippen LogP contribution is -2.30. The smallest absolute Gasteiger partial charge is 0.265 e. The van der Waals surface area contributed by atoms with Crippen LogP contribution in [0.4, 0.5) is 5.69 Å². The summed E-state index contributed by atoms with van der Waals surface area (Å²) in [4.78, 5) is 12.1. The number of ether oxygens (including phenoxy) is 1. The van der Waals surface area contributed by atoms with E-state index in [-0.39, 0.29) is 10.9 Å². The molecule has 0 heterocycles. The number of carbonyl (C=O) groups excluding carboxylic acids is 1. The summed E-state index contributed by atoms with van der Waals surface area (Å²) in [6, 6.07) is 11.3. The Hall–Kier alpha value is -1.93. The second-order valence-electron chi connectivity index (χ2n) is 4.63. The van der Waals surface area contributed by atoms with E-state index >= 15 is 0 Å². The predicted molar refractivity (Wildman–Crippen MR) is 91.3 cm³/mol. The molecule has 4 nitrogen and oxygen atoms in total. The summed E-state index contributed by atoms with van der Waals surface area (Å²) < 4.78 is 5.52. The highest BCUT2D eigenvalue weighted by Gasteiger charge is 2.17. The minimum absolute atomic E-state index is 0.264. The average Bonchev–Trinajstić information content (AvgIpc) is 2.50. The number of carbonyl (C=O) groups is 1. The Labute approximate surface area is 148 Å². The van der Waals surface area contributed by atoms with Gasteiger partial charge in [-0.1, -0.05) is 34.8 Å². The first-order chi connectivity index (χ1) is 10.9. The summed E-state index contributed by atoms with van der Waals surface area (Å²) in [6.07, 6.45) is -0.789. The van der Waals surface area contributed by atoms with Crippen LogP contribution in [0.2, 0.25) is 15.1 Å². The molecule has 0 bridgehead atoms. The molecule has 0 saturated heterocycles. The maximum atomic E-state index is 12.1. The Kier molecular flexibility index (Phi) is 5.73. The van der Waals surface area contributed by atoms with Gasteiger partial charge >= 0.3 is 0 Å². The van der Waals surface area contributed by atoms with E-state index in [1.807, 2.05) is 6.07 Å². The first-order valence-corrected chi connectivity index (χ1v) is 7.66. The molecule has 118 valence electrons. The second-order valence-corrected chi connectivity index (χ2v) is 5.88. The van der Waals surface area contributed by atoms with Gasteiger partial charge in [-0.05, 0) is 43.3 Å². The number of benzene rings is 2. The van der Waals surface area contributed by atoms with E-state index in [1.54, 1.807) is 25.1 Å². The van der Waals surface area contributed by atoms with Crippen molar-refractivity contribution in [2.24, 2.45) is 0 Å². The predicted octanol–water partition coefficient (Wildman–Crippen LogP) is 4.92. The molecule has 0 spiro atoms. The highest BCUT2D eigenvalue weighted by atomic mass is 35.5. The Morgan fingerprint density at radius 2 is 1.91 bits per heavy atom. The Morgan fingerprint density at radius 1 is 1.17 bits per heavy atom. The molecule has 2 aromatic carbocycles. The normalized spacial score (nSPS) is 11.4. The van der Waals surface area contributed by atoms with Gasteiger partial charge in [-0.3, -0.25) is 4.79 Å². The van der Waals surface area contributed by atoms with Gasteiger partial charge in [0.15, 0.2) is 6.10 Å². The van der Waals surface area contributed by atoms with Gasteiger partial charge in [-0.15, -0.1) is 0 Å². The van der Waals surface area contributed by atoms with Crippen molar-refractivity contribution in [1.29, 1.82) is 5.26 Å². The number of anilines is 1. The number of nitriles is 1. The molecule has 0 saturated carbocycles. The van der Waals surface area contributed by atoms with E-state index in [2.05, 4.69) is 5.32 Å². The molecule has 0 aliphatic rings. The van der Waals surface area contributed by atoms with Crippen molar-refractivity contribution in [1.82, 2.24) is 0 Å². The first kappa shape index (κ1) is 17.4. The molecule has 0 fully saturated rings. The average molecular weight is 370 g/mol. The van der Waals surface area contributed by atoms with E-state index in [0.717, 1.165) is 0 Å². The van der Waals surface area contributed by atoms with Crippen molar-refractivity contribution in [2.75, 3.05) is 5.32 Å². The van der Waals surface area contributed by atoms with Crippen LogP contribution in [0.5, 0.6) is 5.75 Å². The van der Waals surface area contributed by atoms with Crippen molar-refractivity contribution in [2.45, 2.75) is 13.0 Å². The fraction of sp³-hybridized carbons (Fsp3) is 0.125. The zero-order chi connectivity index (χ0) is 17.0. The molecule has 0 aliphatic heterocycles. The second kappa shape index (κ2) is 7.56.